The zero-order valence-electron chi connectivity index (χ0n) is 12.0. The number of piperazine rings is 1. The molecule has 1 atom stereocenters. The van der Waals surface area contributed by atoms with Gasteiger partial charge < -0.3 is 10.2 Å². The molecule has 2 aliphatic rings. The molecular formula is C12H26N4O2S. The SMILES string of the molecule is CN(C)C1CCN(S(=O)(=O)CCN2CCNCC2)C1. The predicted molar refractivity (Wildman–Crippen MR) is 76.8 cm³/mol. The highest BCUT2D eigenvalue weighted by Crippen LogP contribution is 2.17. The van der Waals surface area contributed by atoms with E-state index in [9.17, 15) is 8.42 Å². The quantitative estimate of drug-likeness (QED) is 0.693. The second-order valence-electron chi connectivity index (χ2n) is 5.67. The average Bonchev–Trinajstić information content (AvgIpc) is 2.88. The highest BCUT2D eigenvalue weighted by Gasteiger charge is 2.32. The van der Waals surface area contributed by atoms with Crippen LogP contribution in [0.3, 0.4) is 0 Å². The lowest BCUT2D eigenvalue weighted by atomic mass is 10.2. The van der Waals surface area contributed by atoms with Crippen molar-refractivity contribution >= 4 is 10.0 Å². The van der Waals surface area contributed by atoms with Crippen LogP contribution in [-0.2, 0) is 10.0 Å². The van der Waals surface area contributed by atoms with Crippen LogP contribution in [0.2, 0.25) is 0 Å². The van der Waals surface area contributed by atoms with Gasteiger partial charge in [0, 0.05) is 51.9 Å². The standard InChI is InChI=1S/C12H26N4O2S/c1-14(2)12-3-6-16(11-12)19(17,18)10-9-15-7-4-13-5-8-15/h12-13H,3-11H2,1-2H3. The Balaban J connectivity index is 1.81. The van der Waals surface area contributed by atoms with Crippen molar-refractivity contribution in [2.24, 2.45) is 0 Å². The molecule has 1 N–H and O–H groups in total. The number of rotatable bonds is 5. The van der Waals surface area contributed by atoms with Crippen LogP contribution in [0.4, 0.5) is 0 Å². The molecule has 0 aromatic heterocycles. The zero-order valence-corrected chi connectivity index (χ0v) is 12.8. The number of nitrogens with zero attached hydrogens (tertiary/aromatic N) is 3. The molecule has 0 radical (unpaired) electrons. The molecule has 6 nitrogen and oxygen atoms in total. The molecular weight excluding hydrogens is 264 g/mol. The Morgan fingerprint density at radius 1 is 1.21 bits per heavy atom. The molecule has 0 amide bonds. The third-order valence-corrected chi connectivity index (χ3v) is 5.94. The highest BCUT2D eigenvalue weighted by molar-refractivity contribution is 7.89. The Kier molecular flexibility index (Phi) is 5.19. The van der Waals surface area contributed by atoms with Gasteiger partial charge in [0.1, 0.15) is 0 Å². The van der Waals surface area contributed by atoms with Crippen LogP contribution in [-0.4, -0.2) is 94.2 Å². The molecule has 2 saturated heterocycles. The van der Waals surface area contributed by atoms with Crippen molar-refractivity contribution in [1.29, 1.82) is 0 Å². The molecule has 2 rings (SSSR count). The Bertz CT molecular complexity index is 379. The smallest absolute Gasteiger partial charge is 0.215 e. The van der Waals surface area contributed by atoms with Crippen molar-refractivity contribution in [3.63, 3.8) is 0 Å². The summed E-state index contributed by atoms with van der Waals surface area (Å²) >= 11 is 0. The van der Waals surface area contributed by atoms with E-state index in [1.807, 2.05) is 14.1 Å². The molecule has 2 fully saturated rings. The van der Waals surface area contributed by atoms with E-state index in [0.29, 0.717) is 25.7 Å². The molecule has 2 aliphatic heterocycles. The molecule has 0 spiro atoms. The van der Waals surface area contributed by atoms with Gasteiger partial charge in [-0.15, -0.1) is 0 Å². The van der Waals surface area contributed by atoms with Crippen LogP contribution in [0.25, 0.3) is 0 Å². The molecule has 0 aliphatic carbocycles. The van der Waals surface area contributed by atoms with Gasteiger partial charge in [0.2, 0.25) is 10.0 Å². The second-order valence-corrected chi connectivity index (χ2v) is 7.76. The van der Waals surface area contributed by atoms with Crippen LogP contribution < -0.4 is 5.32 Å². The van der Waals surface area contributed by atoms with Gasteiger partial charge in [-0.3, -0.25) is 4.90 Å². The van der Waals surface area contributed by atoms with E-state index < -0.39 is 10.0 Å². The summed E-state index contributed by atoms with van der Waals surface area (Å²) in [5.74, 6) is 0.257. The van der Waals surface area contributed by atoms with Gasteiger partial charge >= 0.3 is 0 Å². The lowest BCUT2D eigenvalue weighted by Crippen LogP contribution is -2.46. The maximum Gasteiger partial charge on any atom is 0.215 e. The van der Waals surface area contributed by atoms with Gasteiger partial charge in [0.15, 0.2) is 0 Å². The fourth-order valence-corrected chi connectivity index (χ4v) is 4.22. The van der Waals surface area contributed by atoms with Crippen LogP contribution in [0.5, 0.6) is 0 Å². The van der Waals surface area contributed by atoms with Crippen LogP contribution in [0.15, 0.2) is 0 Å². The monoisotopic (exact) mass is 290 g/mol. The number of nitrogens with one attached hydrogen (secondary N) is 1. The molecule has 0 saturated carbocycles. The van der Waals surface area contributed by atoms with Gasteiger partial charge in [0.05, 0.1) is 5.75 Å². The molecule has 0 aromatic rings. The van der Waals surface area contributed by atoms with Gasteiger partial charge in [-0.2, -0.15) is 0 Å². The maximum absolute atomic E-state index is 12.3. The summed E-state index contributed by atoms with van der Waals surface area (Å²) < 4.78 is 26.3. The first-order chi connectivity index (χ1) is 8.99. The summed E-state index contributed by atoms with van der Waals surface area (Å²) in [6, 6.07) is 0.369. The van der Waals surface area contributed by atoms with Crippen molar-refractivity contribution < 1.29 is 8.42 Å². The van der Waals surface area contributed by atoms with Crippen LogP contribution >= 0.6 is 0 Å². The van der Waals surface area contributed by atoms with E-state index in [0.717, 1.165) is 32.6 Å². The largest absolute Gasteiger partial charge is 0.314 e. The minimum atomic E-state index is -3.08. The Morgan fingerprint density at radius 3 is 2.47 bits per heavy atom. The van der Waals surface area contributed by atoms with E-state index in [2.05, 4.69) is 15.1 Å². The lowest BCUT2D eigenvalue weighted by molar-refractivity contribution is 0.252. The van der Waals surface area contributed by atoms with Crippen LogP contribution in [0.1, 0.15) is 6.42 Å². The lowest BCUT2D eigenvalue weighted by Gasteiger charge is -2.28. The molecule has 1 unspecified atom stereocenters. The third-order valence-electron chi connectivity index (χ3n) is 4.12. The van der Waals surface area contributed by atoms with Gasteiger partial charge in [-0.1, -0.05) is 0 Å². The van der Waals surface area contributed by atoms with Crippen LogP contribution in [0, 0.1) is 0 Å². The van der Waals surface area contributed by atoms with E-state index in [4.69, 9.17) is 0 Å². The molecule has 2 heterocycles. The molecule has 112 valence electrons. The van der Waals surface area contributed by atoms with Crippen molar-refractivity contribution in [2.45, 2.75) is 12.5 Å². The van der Waals surface area contributed by atoms with E-state index in [-0.39, 0.29) is 5.75 Å². The van der Waals surface area contributed by atoms with E-state index in [1.165, 1.54) is 0 Å². The highest BCUT2D eigenvalue weighted by atomic mass is 32.2. The molecule has 0 bridgehead atoms. The zero-order chi connectivity index (χ0) is 13.9. The van der Waals surface area contributed by atoms with E-state index >= 15 is 0 Å². The fraction of sp³-hybridized carbons (Fsp3) is 1.00. The van der Waals surface area contributed by atoms with Crippen molar-refractivity contribution in [3.8, 4) is 0 Å². The summed E-state index contributed by atoms with van der Waals surface area (Å²) in [5.41, 5.74) is 0. The maximum atomic E-state index is 12.3. The van der Waals surface area contributed by atoms with Crippen molar-refractivity contribution in [2.75, 3.05) is 65.7 Å². The Morgan fingerprint density at radius 2 is 1.89 bits per heavy atom. The van der Waals surface area contributed by atoms with Crippen molar-refractivity contribution in [1.82, 2.24) is 19.4 Å². The summed E-state index contributed by atoms with van der Waals surface area (Å²) in [6.07, 6.45) is 0.944. The Hall–Kier alpha value is -0.210. The summed E-state index contributed by atoms with van der Waals surface area (Å²) in [7, 11) is 0.950. The topological polar surface area (TPSA) is 55.9 Å². The van der Waals surface area contributed by atoms with Gasteiger partial charge in [-0.25, -0.2) is 12.7 Å². The van der Waals surface area contributed by atoms with Gasteiger partial charge in [0.25, 0.3) is 0 Å². The van der Waals surface area contributed by atoms with E-state index in [1.54, 1.807) is 4.31 Å². The minimum absolute atomic E-state index is 0.257. The first kappa shape index (κ1) is 15.2. The number of likely N-dealkylation sites (N-methyl/N-ethyl adjacent to an activating group) is 1. The minimum Gasteiger partial charge on any atom is -0.314 e. The molecule has 19 heavy (non-hydrogen) atoms. The predicted octanol–water partition coefficient (Wildman–Crippen LogP) is -1.14. The van der Waals surface area contributed by atoms with Gasteiger partial charge in [-0.05, 0) is 20.5 Å². The van der Waals surface area contributed by atoms with Crippen molar-refractivity contribution in [3.05, 3.63) is 0 Å². The Labute approximate surface area is 116 Å². The first-order valence-corrected chi connectivity index (χ1v) is 8.67. The normalized spacial score (nSPS) is 27.2. The molecule has 0 aromatic carbocycles. The second kappa shape index (κ2) is 6.49. The number of hydrogen-bond donors (Lipinski definition) is 1. The summed E-state index contributed by atoms with van der Waals surface area (Å²) in [5, 5.41) is 3.28. The summed E-state index contributed by atoms with van der Waals surface area (Å²) in [4.78, 5) is 4.35. The third kappa shape index (κ3) is 4.13. The molecule has 7 heteroatoms. The number of hydrogen-bond acceptors (Lipinski definition) is 5. The first-order valence-electron chi connectivity index (χ1n) is 7.06. The summed E-state index contributed by atoms with van der Waals surface area (Å²) in [6.45, 7) is 5.82. The number of sulfonamides is 1. The average molecular weight is 290 g/mol. The fourth-order valence-electron chi connectivity index (χ4n) is 2.69.